The van der Waals surface area contributed by atoms with Gasteiger partial charge in [0.15, 0.2) is 0 Å². The Hall–Kier alpha value is -1.72. The van der Waals surface area contributed by atoms with Crippen LogP contribution in [-0.2, 0) is 0 Å². The molecule has 1 N–H and O–H groups in total. The quantitative estimate of drug-likeness (QED) is 0.863. The van der Waals surface area contributed by atoms with E-state index in [4.69, 9.17) is 23.2 Å². The molecule has 0 atom stereocenters. The summed E-state index contributed by atoms with van der Waals surface area (Å²) in [5.41, 5.74) is -0.150. The molecule has 0 spiro atoms. The molecule has 0 aliphatic rings. The van der Waals surface area contributed by atoms with E-state index in [1.165, 1.54) is 24.4 Å². The van der Waals surface area contributed by atoms with Gasteiger partial charge in [-0.25, -0.2) is 14.4 Å². The van der Waals surface area contributed by atoms with Crippen LogP contribution in [0.4, 0.5) is 10.3 Å². The summed E-state index contributed by atoms with van der Waals surface area (Å²) in [6.07, 6.45) is 1.38. The zero-order valence-corrected chi connectivity index (χ0v) is 10.3. The van der Waals surface area contributed by atoms with E-state index in [0.717, 1.165) is 6.07 Å². The van der Waals surface area contributed by atoms with Gasteiger partial charge in [0.1, 0.15) is 11.0 Å². The second-order valence-corrected chi connectivity index (χ2v) is 4.10. The van der Waals surface area contributed by atoms with E-state index >= 15 is 0 Å². The standard InChI is InChI=1S/C11H6Cl2FN3O/c12-6-1-2-7(8(14)5-6)10(18)17-11-15-4-3-9(13)16-11/h1-5H,(H,15,16,17,18). The summed E-state index contributed by atoms with van der Waals surface area (Å²) in [5.74, 6) is -1.39. The Morgan fingerprint density at radius 2 is 2.06 bits per heavy atom. The van der Waals surface area contributed by atoms with Crippen molar-refractivity contribution >= 4 is 35.1 Å². The van der Waals surface area contributed by atoms with Gasteiger partial charge in [-0.1, -0.05) is 23.2 Å². The molecule has 4 nitrogen and oxygen atoms in total. The average Bonchev–Trinajstić information content (AvgIpc) is 2.28. The molecule has 0 fully saturated rings. The highest BCUT2D eigenvalue weighted by Crippen LogP contribution is 2.15. The van der Waals surface area contributed by atoms with Crippen LogP contribution < -0.4 is 5.32 Å². The number of amides is 1. The van der Waals surface area contributed by atoms with Crippen LogP contribution in [0.25, 0.3) is 0 Å². The number of rotatable bonds is 2. The van der Waals surface area contributed by atoms with Gasteiger partial charge < -0.3 is 0 Å². The molecule has 1 heterocycles. The fraction of sp³-hybridized carbons (Fsp3) is 0. The molecule has 0 radical (unpaired) electrons. The number of carbonyl (C=O) groups is 1. The Bertz CT molecular complexity index is 607. The number of halogens is 3. The lowest BCUT2D eigenvalue weighted by molar-refractivity contribution is 0.102. The molecule has 92 valence electrons. The predicted molar refractivity (Wildman–Crippen MR) is 66.4 cm³/mol. The van der Waals surface area contributed by atoms with Gasteiger partial charge in [0.25, 0.3) is 5.91 Å². The third-order valence-corrected chi connectivity index (χ3v) is 2.47. The Morgan fingerprint density at radius 1 is 1.28 bits per heavy atom. The predicted octanol–water partition coefficient (Wildman–Crippen LogP) is 3.17. The summed E-state index contributed by atoms with van der Waals surface area (Å²) < 4.78 is 13.5. The van der Waals surface area contributed by atoms with Crippen molar-refractivity contribution in [1.29, 1.82) is 0 Å². The number of carbonyl (C=O) groups excluding carboxylic acids is 1. The van der Waals surface area contributed by atoms with Crippen molar-refractivity contribution in [2.75, 3.05) is 5.32 Å². The van der Waals surface area contributed by atoms with Gasteiger partial charge >= 0.3 is 0 Å². The second-order valence-electron chi connectivity index (χ2n) is 3.28. The number of benzene rings is 1. The summed E-state index contributed by atoms with van der Waals surface area (Å²) in [5, 5.41) is 2.72. The highest BCUT2D eigenvalue weighted by Gasteiger charge is 2.13. The van der Waals surface area contributed by atoms with Crippen molar-refractivity contribution in [2.45, 2.75) is 0 Å². The summed E-state index contributed by atoms with van der Waals surface area (Å²) in [7, 11) is 0. The zero-order chi connectivity index (χ0) is 13.1. The van der Waals surface area contributed by atoms with Gasteiger partial charge in [-0.2, -0.15) is 0 Å². The third-order valence-electron chi connectivity index (χ3n) is 2.02. The minimum absolute atomic E-state index is 0.00171. The molecule has 2 aromatic rings. The molecule has 0 aliphatic heterocycles. The molecule has 1 aromatic carbocycles. The number of anilines is 1. The molecule has 2 rings (SSSR count). The van der Waals surface area contributed by atoms with Gasteiger partial charge in [-0.3, -0.25) is 10.1 Å². The molecule has 0 bridgehead atoms. The van der Waals surface area contributed by atoms with Gasteiger partial charge in [0, 0.05) is 11.2 Å². The molecule has 0 saturated heterocycles. The van der Waals surface area contributed by atoms with Crippen molar-refractivity contribution in [3.05, 3.63) is 52.0 Å². The van der Waals surface area contributed by atoms with Crippen LogP contribution in [0.5, 0.6) is 0 Å². The van der Waals surface area contributed by atoms with Crippen molar-refractivity contribution < 1.29 is 9.18 Å². The van der Waals surface area contributed by atoms with Crippen LogP contribution in [0, 0.1) is 5.82 Å². The topological polar surface area (TPSA) is 54.9 Å². The third kappa shape index (κ3) is 2.94. The van der Waals surface area contributed by atoms with Gasteiger partial charge in [0.05, 0.1) is 5.56 Å². The van der Waals surface area contributed by atoms with Crippen LogP contribution in [0.3, 0.4) is 0 Å². The summed E-state index contributed by atoms with van der Waals surface area (Å²) >= 11 is 11.2. The van der Waals surface area contributed by atoms with Crippen molar-refractivity contribution in [3.8, 4) is 0 Å². The van der Waals surface area contributed by atoms with E-state index in [1.807, 2.05) is 0 Å². The maximum Gasteiger partial charge on any atom is 0.260 e. The van der Waals surface area contributed by atoms with E-state index in [9.17, 15) is 9.18 Å². The molecule has 0 saturated carbocycles. The first-order valence-corrected chi connectivity index (χ1v) is 5.57. The maximum absolute atomic E-state index is 13.5. The van der Waals surface area contributed by atoms with E-state index in [2.05, 4.69) is 15.3 Å². The molecule has 1 amide bonds. The van der Waals surface area contributed by atoms with E-state index < -0.39 is 11.7 Å². The maximum atomic E-state index is 13.5. The largest absolute Gasteiger partial charge is 0.290 e. The highest BCUT2D eigenvalue weighted by molar-refractivity contribution is 6.30. The number of hydrogen-bond acceptors (Lipinski definition) is 3. The highest BCUT2D eigenvalue weighted by atomic mass is 35.5. The van der Waals surface area contributed by atoms with Gasteiger partial charge in [0.2, 0.25) is 5.95 Å². The molecule has 1 aromatic heterocycles. The summed E-state index contributed by atoms with van der Waals surface area (Å²) in [4.78, 5) is 19.3. The van der Waals surface area contributed by atoms with Crippen molar-refractivity contribution in [2.24, 2.45) is 0 Å². The zero-order valence-electron chi connectivity index (χ0n) is 8.82. The fourth-order valence-corrected chi connectivity index (χ4v) is 1.53. The lowest BCUT2D eigenvalue weighted by atomic mass is 10.2. The van der Waals surface area contributed by atoms with Crippen LogP contribution in [-0.4, -0.2) is 15.9 Å². The van der Waals surface area contributed by atoms with Crippen LogP contribution in [0.2, 0.25) is 10.2 Å². The van der Waals surface area contributed by atoms with Crippen LogP contribution >= 0.6 is 23.2 Å². The Kier molecular flexibility index (Phi) is 3.74. The van der Waals surface area contributed by atoms with Crippen LogP contribution in [0.15, 0.2) is 30.5 Å². The monoisotopic (exact) mass is 285 g/mol. The van der Waals surface area contributed by atoms with Crippen LogP contribution in [0.1, 0.15) is 10.4 Å². The molecular formula is C11H6Cl2FN3O. The van der Waals surface area contributed by atoms with Crippen molar-refractivity contribution in [1.82, 2.24) is 9.97 Å². The first kappa shape index (κ1) is 12.7. The molecule has 0 unspecified atom stereocenters. The molecule has 0 aliphatic carbocycles. The summed E-state index contributed by atoms with van der Waals surface area (Å²) in [6, 6.07) is 5.20. The number of aromatic nitrogens is 2. The van der Waals surface area contributed by atoms with E-state index in [0.29, 0.717) is 0 Å². The molecular weight excluding hydrogens is 280 g/mol. The number of nitrogens with zero attached hydrogens (tertiary/aromatic N) is 2. The normalized spacial score (nSPS) is 10.2. The number of nitrogens with one attached hydrogen (secondary N) is 1. The first-order chi connectivity index (χ1) is 8.56. The average molecular weight is 286 g/mol. The lowest BCUT2D eigenvalue weighted by Crippen LogP contribution is -2.15. The lowest BCUT2D eigenvalue weighted by Gasteiger charge is -2.04. The Balaban J connectivity index is 2.22. The fourth-order valence-electron chi connectivity index (χ4n) is 1.24. The summed E-state index contributed by atoms with van der Waals surface area (Å²) in [6.45, 7) is 0. The Labute approximate surface area is 112 Å². The van der Waals surface area contributed by atoms with E-state index in [-0.39, 0.29) is 21.7 Å². The van der Waals surface area contributed by atoms with Gasteiger partial charge in [-0.05, 0) is 24.3 Å². The van der Waals surface area contributed by atoms with Crippen molar-refractivity contribution in [3.63, 3.8) is 0 Å². The first-order valence-electron chi connectivity index (χ1n) is 4.81. The smallest absolute Gasteiger partial charge is 0.260 e. The molecule has 18 heavy (non-hydrogen) atoms. The minimum Gasteiger partial charge on any atom is -0.290 e. The second kappa shape index (κ2) is 5.29. The van der Waals surface area contributed by atoms with Gasteiger partial charge in [-0.15, -0.1) is 0 Å². The minimum atomic E-state index is -0.720. The number of hydrogen-bond donors (Lipinski definition) is 1. The molecule has 7 heteroatoms. The van der Waals surface area contributed by atoms with E-state index in [1.54, 1.807) is 0 Å². The Morgan fingerprint density at radius 3 is 2.72 bits per heavy atom. The SMILES string of the molecule is O=C(Nc1nccc(Cl)n1)c1ccc(Cl)cc1F.